The first-order chi connectivity index (χ1) is 11.6. The van der Waals surface area contributed by atoms with E-state index in [2.05, 4.69) is 51.1 Å². The van der Waals surface area contributed by atoms with Crippen LogP contribution in [0.1, 0.15) is 18.9 Å². The fourth-order valence-electron chi connectivity index (χ4n) is 2.79. The molecule has 1 aliphatic carbocycles. The third kappa shape index (κ3) is 4.43. The molecule has 0 bridgehead atoms. The van der Waals surface area contributed by atoms with E-state index >= 15 is 0 Å². The molecule has 0 radical (unpaired) electrons. The molecule has 4 unspecified atom stereocenters. The van der Waals surface area contributed by atoms with Crippen molar-refractivity contribution in [3.8, 4) is 0 Å². The summed E-state index contributed by atoms with van der Waals surface area (Å²) < 4.78 is 8.73. The maximum Gasteiger partial charge on any atom is 0.407 e. The highest BCUT2D eigenvalue weighted by molar-refractivity contribution is 9.09. The van der Waals surface area contributed by atoms with Gasteiger partial charge in [-0.3, -0.25) is 4.72 Å². The third-order valence-electron chi connectivity index (χ3n) is 4.15. The van der Waals surface area contributed by atoms with Gasteiger partial charge in [-0.25, -0.2) is 4.79 Å². The first kappa shape index (κ1) is 17.6. The molecule has 128 valence electrons. The number of halogens is 1. The molecule has 0 spiro atoms. The molecule has 2 aliphatic rings. The van der Waals surface area contributed by atoms with E-state index in [1.807, 2.05) is 30.3 Å². The highest BCUT2D eigenvalue weighted by Gasteiger charge is 2.37. The Bertz CT molecular complexity index is 635. The van der Waals surface area contributed by atoms with Gasteiger partial charge < -0.3 is 10.1 Å². The maximum absolute atomic E-state index is 12.2. The van der Waals surface area contributed by atoms with Crippen molar-refractivity contribution in [2.75, 3.05) is 0 Å². The standard InChI is InChI=1S/C18H21BrN2O2S/c1-12-16(17(24-21-12)14-7-9-15(19)10-8-14)20-18(22)23-11-13-5-3-2-4-6-13/h2-9,12,15-17,21H,10-11H2,1H3,(H,20,22). The lowest BCUT2D eigenvalue weighted by atomic mass is 9.96. The quantitative estimate of drug-likeness (QED) is 0.584. The number of carbonyl (C=O) groups excluding carboxylic acids is 1. The Morgan fingerprint density at radius 3 is 2.92 bits per heavy atom. The predicted molar refractivity (Wildman–Crippen MR) is 102 cm³/mol. The Morgan fingerprint density at radius 1 is 1.42 bits per heavy atom. The van der Waals surface area contributed by atoms with Crippen LogP contribution in [0.3, 0.4) is 0 Å². The van der Waals surface area contributed by atoms with Gasteiger partial charge >= 0.3 is 6.09 Å². The molecule has 1 heterocycles. The average molecular weight is 409 g/mol. The molecule has 1 aromatic carbocycles. The Balaban J connectivity index is 1.57. The fraction of sp³-hybridized carbons (Fsp3) is 0.389. The van der Waals surface area contributed by atoms with Crippen molar-refractivity contribution < 1.29 is 9.53 Å². The number of allylic oxidation sites excluding steroid dienone is 3. The predicted octanol–water partition coefficient (Wildman–Crippen LogP) is 3.94. The van der Waals surface area contributed by atoms with Crippen LogP contribution >= 0.6 is 27.9 Å². The maximum atomic E-state index is 12.2. The van der Waals surface area contributed by atoms with Crippen molar-refractivity contribution >= 4 is 34.0 Å². The molecule has 3 rings (SSSR count). The molecule has 24 heavy (non-hydrogen) atoms. The molecule has 1 amide bonds. The minimum Gasteiger partial charge on any atom is -0.445 e. The van der Waals surface area contributed by atoms with Gasteiger partial charge in [0, 0.05) is 10.9 Å². The summed E-state index contributed by atoms with van der Waals surface area (Å²) in [4.78, 5) is 12.6. The zero-order valence-corrected chi connectivity index (χ0v) is 15.8. The number of hydrogen-bond acceptors (Lipinski definition) is 4. The number of ether oxygens (including phenoxy) is 1. The second kappa shape index (κ2) is 8.23. The number of nitrogens with one attached hydrogen (secondary N) is 2. The van der Waals surface area contributed by atoms with Gasteiger partial charge in [0.05, 0.1) is 11.3 Å². The van der Waals surface area contributed by atoms with Gasteiger partial charge in [0.2, 0.25) is 0 Å². The monoisotopic (exact) mass is 408 g/mol. The topological polar surface area (TPSA) is 50.4 Å². The van der Waals surface area contributed by atoms with Crippen molar-refractivity contribution in [3.05, 3.63) is 59.7 Å². The van der Waals surface area contributed by atoms with E-state index < -0.39 is 0 Å². The lowest BCUT2D eigenvalue weighted by Gasteiger charge is -2.24. The van der Waals surface area contributed by atoms with Crippen LogP contribution in [-0.4, -0.2) is 28.3 Å². The van der Waals surface area contributed by atoms with Crippen LogP contribution in [0.25, 0.3) is 0 Å². The Kier molecular flexibility index (Phi) is 6.03. The third-order valence-corrected chi connectivity index (χ3v) is 6.15. The summed E-state index contributed by atoms with van der Waals surface area (Å²) in [5.74, 6) is 0. The SMILES string of the molecule is CC1NSC(C2=CCC(Br)C=C2)C1NC(=O)OCc1ccccc1. The van der Waals surface area contributed by atoms with Crippen LogP contribution in [0, 0.1) is 0 Å². The lowest BCUT2D eigenvalue weighted by molar-refractivity contribution is 0.135. The first-order valence-corrected chi connectivity index (χ1v) is 9.84. The second-order valence-electron chi connectivity index (χ2n) is 5.99. The molecule has 4 nitrogen and oxygen atoms in total. The van der Waals surface area contributed by atoms with Crippen molar-refractivity contribution in [2.45, 2.75) is 42.1 Å². The Hall–Kier alpha value is -1.24. The second-order valence-corrected chi connectivity index (χ2v) is 8.15. The van der Waals surface area contributed by atoms with Gasteiger partial charge in [0.25, 0.3) is 0 Å². The molecule has 2 N–H and O–H groups in total. The Morgan fingerprint density at radius 2 is 2.21 bits per heavy atom. The number of amides is 1. The van der Waals surface area contributed by atoms with E-state index in [1.54, 1.807) is 11.9 Å². The number of benzene rings is 1. The summed E-state index contributed by atoms with van der Waals surface area (Å²) in [6.45, 7) is 2.36. The van der Waals surface area contributed by atoms with Crippen LogP contribution in [0.2, 0.25) is 0 Å². The molecule has 0 aromatic heterocycles. The lowest BCUT2D eigenvalue weighted by Crippen LogP contribution is -2.47. The zero-order chi connectivity index (χ0) is 16.9. The van der Waals surface area contributed by atoms with E-state index in [0.717, 1.165) is 12.0 Å². The number of alkyl carbamates (subject to hydrolysis) is 1. The van der Waals surface area contributed by atoms with Gasteiger partial charge in [-0.05, 0) is 24.5 Å². The summed E-state index contributed by atoms with van der Waals surface area (Å²) in [7, 11) is 0. The van der Waals surface area contributed by atoms with E-state index in [1.165, 1.54) is 5.57 Å². The minimum atomic E-state index is -0.372. The van der Waals surface area contributed by atoms with Crippen molar-refractivity contribution in [1.29, 1.82) is 0 Å². The van der Waals surface area contributed by atoms with E-state index in [9.17, 15) is 4.79 Å². The number of alkyl halides is 1. The van der Waals surface area contributed by atoms with Gasteiger partial charge in [-0.1, -0.05) is 76.4 Å². The van der Waals surface area contributed by atoms with Crippen molar-refractivity contribution in [3.63, 3.8) is 0 Å². The highest BCUT2D eigenvalue weighted by atomic mass is 79.9. The minimum absolute atomic E-state index is 0.000971. The molecule has 0 saturated carbocycles. The summed E-state index contributed by atoms with van der Waals surface area (Å²) >= 11 is 5.26. The molecule has 1 saturated heterocycles. The average Bonchev–Trinajstić information content (AvgIpc) is 2.95. The molecule has 1 aliphatic heterocycles. The van der Waals surface area contributed by atoms with Gasteiger partial charge in [0.15, 0.2) is 0 Å². The van der Waals surface area contributed by atoms with Crippen LogP contribution in [0.15, 0.2) is 54.1 Å². The van der Waals surface area contributed by atoms with E-state index in [4.69, 9.17) is 4.74 Å². The molecule has 4 atom stereocenters. The molecular weight excluding hydrogens is 388 g/mol. The summed E-state index contributed by atoms with van der Waals surface area (Å²) in [5.41, 5.74) is 2.23. The van der Waals surface area contributed by atoms with Crippen molar-refractivity contribution in [2.24, 2.45) is 0 Å². The summed E-state index contributed by atoms with van der Waals surface area (Å²) in [6, 6.07) is 9.89. The highest BCUT2D eigenvalue weighted by Crippen LogP contribution is 2.33. The van der Waals surface area contributed by atoms with Crippen LogP contribution in [-0.2, 0) is 11.3 Å². The zero-order valence-electron chi connectivity index (χ0n) is 13.4. The van der Waals surface area contributed by atoms with Gasteiger partial charge in [0.1, 0.15) is 6.61 Å². The summed E-state index contributed by atoms with van der Waals surface area (Å²) in [6.07, 6.45) is 7.14. The number of carbonyl (C=O) groups is 1. The molecular formula is C18H21BrN2O2S. The van der Waals surface area contributed by atoms with Crippen LogP contribution in [0.5, 0.6) is 0 Å². The van der Waals surface area contributed by atoms with Gasteiger partial charge in [-0.2, -0.15) is 0 Å². The number of hydrogen-bond donors (Lipinski definition) is 2. The first-order valence-electron chi connectivity index (χ1n) is 8.04. The Labute approximate surface area is 155 Å². The molecule has 6 heteroatoms. The van der Waals surface area contributed by atoms with Crippen LogP contribution in [0.4, 0.5) is 4.79 Å². The van der Waals surface area contributed by atoms with Crippen molar-refractivity contribution in [1.82, 2.24) is 10.0 Å². The van der Waals surface area contributed by atoms with Gasteiger partial charge in [-0.15, -0.1) is 0 Å². The smallest absolute Gasteiger partial charge is 0.407 e. The normalized spacial score (nSPS) is 29.2. The largest absolute Gasteiger partial charge is 0.445 e. The number of rotatable bonds is 4. The van der Waals surface area contributed by atoms with Crippen LogP contribution < -0.4 is 10.0 Å². The fourth-order valence-corrected chi connectivity index (χ4v) is 4.40. The van der Waals surface area contributed by atoms with E-state index in [0.29, 0.717) is 4.83 Å². The molecule has 1 aromatic rings. The van der Waals surface area contributed by atoms with E-state index in [-0.39, 0.29) is 30.0 Å². The summed E-state index contributed by atoms with van der Waals surface area (Å²) in [5, 5.41) is 3.22. The molecule has 1 fully saturated rings.